The minimum absolute atomic E-state index is 0.753. The Morgan fingerprint density at radius 1 is 0.591 bits per heavy atom. The SMILES string of the molecule is COc1ccc(/C=C/c2ccc(OC)cc2OC)c(OC)c1. The molecule has 0 unspecified atom stereocenters. The van der Waals surface area contributed by atoms with Crippen LogP contribution in [0, 0.1) is 0 Å². The molecule has 116 valence electrons. The Kier molecular flexibility index (Phi) is 5.31. The molecule has 0 aliphatic carbocycles. The van der Waals surface area contributed by atoms with Crippen LogP contribution >= 0.6 is 0 Å². The lowest BCUT2D eigenvalue weighted by Crippen LogP contribution is -1.91. The molecule has 0 spiro atoms. The van der Waals surface area contributed by atoms with Gasteiger partial charge in [-0.15, -0.1) is 0 Å². The second-order valence-corrected chi connectivity index (χ2v) is 4.55. The molecule has 22 heavy (non-hydrogen) atoms. The first-order valence-corrected chi connectivity index (χ1v) is 6.84. The molecule has 0 heterocycles. The van der Waals surface area contributed by atoms with E-state index < -0.39 is 0 Å². The predicted molar refractivity (Wildman–Crippen MR) is 88.0 cm³/mol. The number of benzene rings is 2. The average molecular weight is 300 g/mol. The van der Waals surface area contributed by atoms with Crippen LogP contribution in [0.1, 0.15) is 11.1 Å². The van der Waals surface area contributed by atoms with Gasteiger partial charge in [0.2, 0.25) is 0 Å². The monoisotopic (exact) mass is 300 g/mol. The Morgan fingerprint density at radius 3 is 1.32 bits per heavy atom. The van der Waals surface area contributed by atoms with Gasteiger partial charge in [0.15, 0.2) is 0 Å². The molecular weight excluding hydrogens is 280 g/mol. The van der Waals surface area contributed by atoms with Crippen molar-refractivity contribution in [1.29, 1.82) is 0 Å². The molecule has 4 nitrogen and oxygen atoms in total. The summed E-state index contributed by atoms with van der Waals surface area (Å²) in [6.07, 6.45) is 3.95. The molecule has 0 saturated heterocycles. The van der Waals surface area contributed by atoms with Crippen LogP contribution in [0.15, 0.2) is 36.4 Å². The largest absolute Gasteiger partial charge is 0.497 e. The first kappa shape index (κ1) is 15.8. The van der Waals surface area contributed by atoms with Crippen LogP contribution in [0.5, 0.6) is 23.0 Å². The summed E-state index contributed by atoms with van der Waals surface area (Å²) >= 11 is 0. The van der Waals surface area contributed by atoms with Crippen LogP contribution in [-0.2, 0) is 0 Å². The molecule has 0 aliphatic heterocycles. The Balaban J connectivity index is 2.32. The van der Waals surface area contributed by atoms with Crippen LogP contribution in [-0.4, -0.2) is 28.4 Å². The van der Waals surface area contributed by atoms with Gasteiger partial charge in [-0.1, -0.05) is 12.2 Å². The Labute approximate surface area is 130 Å². The molecule has 0 bridgehead atoms. The van der Waals surface area contributed by atoms with Gasteiger partial charge in [-0.2, -0.15) is 0 Å². The van der Waals surface area contributed by atoms with Crippen LogP contribution in [0.4, 0.5) is 0 Å². The van der Waals surface area contributed by atoms with Crippen LogP contribution in [0.3, 0.4) is 0 Å². The Bertz CT molecular complexity index is 605. The van der Waals surface area contributed by atoms with Gasteiger partial charge in [0.25, 0.3) is 0 Å². The third kappa shape index (κ3) is 3.52. The van der Waals surface area contributed by atoms with Crippen molar-refractivity contribution >= 4 is 12.2 Å². The normalized spacial score (nSPS) is 10.5. The summed E-state index contributed by atoms with van der Waals surface area (Å²) in [7, 11) is 6.54. The summed E-state index contributed by atoms with van der Waals surface area (Å²) in [4.78, 5) is 0. The van der Waals surface area contributed by atoms with Crippen molar-refractivity contribution in [2.45, 2.75) is 0 Å². The topological polar surface area (TPSA) is 36.9 Å². The fourth-order valence-corrected chi connectivity index (χ4v) is 2.09. The zero-order valence-electron chi connectivity index (χ0n) is 13.3. The number of hydrogen-bond donors (Lipinski definition) is 0. The first-order chi connectivity index (χ1) is 10.7. The number of ether oxygens (including phenoxy) is 4. The fraction of sp³-hybridized carbons (Fsp3) is 0.222. The van der Waals surface area contributed by atoms with E-state index in [1.54, 1.807) is 28.4 Å². The first-order valence-electron chi connectivity index (χ1n) is 6.84. The predicted octanol–water partition coefficient (Wildman–Crippen LogP) is 3.89. The zero-order chi connectivity index (χ0) is 15.9. The van der Waals surface area contributed by atoms with Gasteiger partial charge in [-0.3, -0.25) is 0 Å². The molecule has 0 fully saturated rings. The van der Waals surface area contributed by atoms with Gasteiger partial charge in [-0.25, -0.2) is 0 Å². The van der Waals surface area contributed by atoms with Crippen molar-refractivity contribution in [2.24, 2.45) is 0 Å². The lowest BCUT2D eigenvalue weighted by atomic mass is 10.1. The summed E-state index contributed by atoms with van der Waals surface area (Å²) < 4.78 is 21.2. The van der Waals surface area contributed by atoms with Gasteiger partial charge >= 0.3 is 0 Å². The van der Waals surface area contributed by atoms with Gasteiger partial charge in [0.1, 0.15) is 23.0 Å². The van der Waals surface area contributed by atoms with E-state index in [9.17, 15) is 0 Å². The van der Waals surface area contributed by atoms with Gasteiger partial charge in [0.05, 0.1) is 28.4 Å². The highest BCUT2D eigenvalue weighted by molar-refractivity contribution is 5.75. The summed E-state index contributed by atoms with van der Waals surface area (Å²) in [6, 6.07) is 11.4. The lowest BCUT2D eigenvalue weighted by Gasteiger charge is -2.09. The highest BCUT2D eigenvalue weighted by atomic mass is 16.5. The van der Waals surface area contributed by atoms with E-state index in [1.165, 1.54) is 0 Å². The number of hydrogen-bond acceptors (Lipinski definition) is 4. The van der Waals surface area contributed by atoms with E-state index in [2.05, 4.69) is 0 Å². The van der Waals surface area contributed by atoms with Gasteiger partial charge < -0.3 is 18.9 Å². The van der Waals surface area contributed by atoms with E-state index in [1.807, 2.05) is 48.6 Å². The zero-order valence-corrected chi connectivity index (χ0v) is 13.3. The summed E-state index contributed by atoms with van der Waals surface area (Å²) in [5.74, 6) is 3.03. The van der Waals surface area contributed by atoms with E-state index in [4.69, 9.17) is 18.9 Å². The highest BCUT2D eigenvalue weighted by Gasteiger charge is 2.04. The maximum Gasteiger partial charge on any atom is 0.129 e. The van der Waals surface area contributed by atoms with Crippen molar-refractivity contribution in [3.63, 3.8) is 0 Å². The average Bonchev–Trinajstić information content (AvgIpc) is 2.59. The maximum absolute atomic E-state index is 5.39. The van der Waals surface area contributed by atoms with Crippen molar-refractivity contribution in [3.8, 4) is 23.0 Å². The Morgan fingerprint density at radius 2 is 1.00 bits per heavy atom. The summed E-state index contributed by atoms with van der Waals surface area (Å²) in [5.41, 5.74) is 1.92. The van der Waals surface area contributed by atoms with E-state index in [0.717, 1.165) is 34.1 Å². The molecule has 0 amide bonds. The molecule has 2 aromatic carbocycles. The summed E-state index contributed by atoms with van der Waals surface area (Å²) in [5, 5.41) is 0. The number of rotatable bonds is 6. The molecule has 0 atom stereocenters. The molecular formula is C18H20O4. The third-order valence-electron chi connectivity index (χ3n) is 3.32. The molecule has 2 rings (SSSR count). The van der Waals surface area contributed by atoms with Crippen LogP contribution in [0.25, 0.3) is 12.2 Å². The second-order valence-electron chi connectivity index (χ2n) is 4.55. The van der Waals surface area contributed by atoms with E-state index >= 15 is 0 Å². The third-order valence-corrected chi connectivity index (χ3v) is 3.32. The minimum atomic E-state index is 0.753. The smallest absolute Gasteiger partial charge is 0.129 e. The quantitative estimate of drug-likeness (QED) is 0.758. The van der Waals surface area contributed by atoms with Crippen molar-refractivity contribution in [1.82, 2.24) is 0 Å². The van der Waals surface area contributed by atoms with Crippen molar-refractivity contribution < 1.29 is 18.9 Å². The van der Waals surface area contributed by atoms with E-state index in [-0.39, 0.29) is 0 Å². The Hall–Kier alpha value is -2.62. The molecule has 0 aliphatic rings. The van der Waals surface area contributed by atoms with Gasteiger partial charge in [0, 0.05) is 23.3 Å². The molecule has 0 radical (unpaired) electrons. The number of methoxy groups -OCH3 is 4. The fourth-order valence-electron chi connectivity index (χ4n) is 2.09. The molecule has 4 heteroatoms. The molecule has 0 saturated carbocycles. The molecule has 0 aromatic heterocycles. The summed E-state index contributed by atoms with van der Waals surface area (Å²) in [6.45, 7) is 0. The van der Waals surface area contributed by atoms with Crippen molar-refractivity contribution in [3.05, 3.63) is 47.5 Å². The van der Waals surface area contributed by atoms with E-state index in [0.29, 0.717) is 0 Å². The molecule has 2 aromatic rings. The molecule has 0 N–H and O–H groups in total. The van der Waals surface area contributed by atoms with Crippen LogP contribution < -0.4 is 18.9 Å². The van der Waals surface area contributed by atoms with Crippen LogP contribution in [0.2, 0.25) is 0 Å². The minimum Gasteiger partial charge on any atom is -0.497 e. The second kappa shape index (κ2) is 7.41. The maximum atomic E-state index is 5.39. The standard InChI is InChI=1S/C18H20O4/c1-19-15-9-7-13(17(11-15)21-3)5-6-14-8-10-16(20-2)12-18(14)22-4/h5-12H,1-4H3/b6-5+. The lowest BCUT2D eigenvalue weighted by molar-refractivity contribution is 0.393. The van der Waals surface area contributed by atoms with Gasteiger partial charge in [-0.05, 0) is 24.3 Å². The highest BCUT2D eigenvalue weighted by Crippen LogP contribution is 2.29. The van der Waals surface area contributed by atoms with Crippen molar-refractivity contribution in [2.75, 3.05) is 28.4 Å².